The molecule has 7 heteroatoms. The SMILES string of the molecule is CC(C(=O)Nc1ccc(Cl)cc1Cl)N1CCC(C(=O)O)C1. The third kappa shape index (κ3) is 3.87. The molecular formula is C14H16Cl2N2O3. The molecule has 1 amide bonds. The highest BCUT2D eigenvalue weighted by Crippen LogP contribution is 2.26. The molecule has 2 N–H and O–H groups in total. The van der Waals surface area contributed by atoms with Gasteiger partial charge in [0.2, 0.25) is 5.91 Å². The molecule has 5 nitrogen and oxygen atoms in total. The van der Waals surface area contributed by atoms with E-state index in [0.29, 0.717) is 35.2 Å². The summed E-state index contributed by atoms with van der Waals surface area (Å²) in [5.41, 5.74) is 0.492. The minimum atomic E-state index is -0.814. The first-order valence-corrected chi connectivity index (χ1v) is 7.37. The third-order valence-corrected chi connectivity index (χ3v) is 4.23. The van der Waals surface area contributed by atoms with Crippen LogP contribution in [0.3, 0.4) is 0 Å². The van der Waals surface area contributed by atoms with Crippen LogP contribution in [0.4, 0.5) is 5.69 Å². The van der Waals surface area contributed by atoms with Gasteiger partial charge in [-0.1, -0.05) is 23.2 Å². The number of carbonyl (C=O) groups excluding carboxylic acids is 1. The van der Waals surface area contributed by atoms with Crippen molar-refractivity contribution in [3.8, 4) is 0 Å². The van der Waals surface area contributed by atoms with Gasteiger partial charge in [-0.2, -0.15) is 0 Å². The van der Waals surface area contributed by atoms with E-state index in [1.54, 1.807) is 25.1 Å². The van der Waals surface area contributed by atoms with E-state index in [4.69, 9.17) is 28.3 Å². The number of carboxylic acids is 1. The van der Waals surface area contributed by atoms with E-state index in [2.05, 4.69) is 5.32 Å². The van der Waals surface area contributed by atoms with Crippen molar-refractivity contribution in [1.29, 1.82) is 0 Å². The standard InChI is InChI=1S/C14H16Cl2N2O3/c1-8(18-5-4-9(7-18)14(20)21)13(19)17-12-3-2-10(15)6-11(12)16/h2-3,6,8-9H,4-5,7H2,1H3,(H,17,19)(H,20,21). The summed E-state index contributed by atoms with van der Waals surface area (Å²) < 4.78 is 0. The normalized spacial score (nSPS) is 20.2. The van der Waals surface area contributed by atoms with Gasteiger partial charge >= 0.3 is 5.97 Å². The molecule has 0 saturated carbocycles. The molecule has 1 saturated heterocycles. The number of benzene rings is 1. The smallest absolute Gasteiger partial charge is 0.307 e. The highest BCUT2D eigenvalue weighted by molar-refractivity contribution is 6.36. The van der Waals surface area contributed by atoms with E-state index in [0.717, 1.165) is 0 Å². The largest absolute Gasteiger partial charge is 0.481 e. The van der Waals surface area contributed by atoms with Crippen LogP contribution < -0.4 is 5.32 Å². The molecule has 1 aliphatic heterocycles. The van der Waals surface area contributed by atoms with Crippen molar-refractivity contribution in [1.82, 2.24) is 4.90 Å². The zero-order valence-electron chi connectivity index (χ0n) is 11.5. The summed E-state index contributed by atoms with van der Waals surface area (Å²) in [5.74, 6) is -1.43. The second-order valence-electron chi connectivity index (χ2n) is 5.11. The lowest BCUT2D eigenvalue weighted by molar-refractivity contribution is -0.141. The molecule has 0 aliphatic carbocycles. The number of anilines is 1. The van der Waals surface area contributed by atoms with Gasteiger partial charge in [-0.3, -0.25) is 14.5 Å². The van der Waals surface area contributed by atoms with Gasteiger partial charge in [0.1, 0.15) is 0 Å². The summed E-state index contributed by atoms with van der Waals surface area (Å²) in [6.45, 7) is 2.74. The van der Waals surface area contributed by atoms with Crippen LogP contribution in [-0.2, 0) is 9.59 Å². The molecule has 1 aromatic carbocycles. The van der Waals surface area contributed by atoms with E-state index in [1.165, 1.54) is 0 Å². The molecular weight excluding hydrogens is 315 g/mol. The Hall–Kier alpha value is -1.30. The number of carbonyl (C=O) groups is 2. The maximum atomic E-state index is 12.2. The van der Waals surface area contributed by atoms with Gasteiger partial charge in [0.25, 0.3) is 0 Å². The van der Waals surface area contributed by atoms with Crippen molar-refractivity contribution >= 4 is 40.8 Å². The fourth-order valence-electron chi connectivity index (χ4n) is 2.33. The van der Waals surface area contributed by atoms with Gasteiger partial charge < -0.3 is 10.4 Å². The fraction of sp³-hybridized carbons (Fsp3) is 0.429. The number of hydrogen-bond acceptors (Lipinski definition) is 3. The molecule has 2 unspecified atom stereocenters. The summed E-state index contributed by atoms with van der Waals surface area (Å²) >= 11 is 11.8. The Morgan fingerprint density at radius 2 is 2.14 bits per heavy atom. The van der Waals surface area contributed by atoms with E-state index < -0.39 is 17.9 Å². The highest BCUT2D eigenvalue weighted by atomic mass is 35.5. The zero-order chi connectivity index (χ0) is 15.6. The maximum absolute atomic E-state index is 12.2. The second-order valence-corrected chi connectivity index (χ2v) is 5.95. The Bertz CT molecular complexity index is 565. The van der Waals surface area contributed by atoms with Gasteiger partial charge in [-0.15, -0.1) is 0 Å². The Morgan fingerprint density at radius 1 is 1.43 bits per heavy atom. The van der Waals surface area contributed by atoms with Gasteiger partial charge in [0.15, 0.2) is 0 Å². The van der Waals surface area contributed by atoms with E-state index in [1.807, 2.05) is 4.90 Å². The third-order valence-electron chi connectivity index (χ3n) is 3.69. The molecule has 1 aromatic rings. The maximum Gasteiger partial charge on any atom is 0.307 e. The molecule has 2 rings (SSSR count). The topological polar surface area (TPSA) is 69.6 Å². The zero-order valence-corrected chi connectivity index (χ0v) is 13.0. The second kappa shape index (κ2) is 6.64. The fourth-order valence-corrected chi connectivity index (χ4v) is 2.79. The predicted octanol–water partition coefficient (Wildman–Crippen LogP) is 2.73. The van der Waals surface area contributed by atoms with Crippen molar-refractivity contribution in [2.24, 2.45) is 5.92 Å². The number of carboxylic acid groups (broad SMARTS) is 1. The van der Waals surface area contributed by atoms with Gasteiger partial charge in [0.05, 0.1) is 22.7 Å². The van der Waals surface area contributed by atoms with E-state index >= 15 is 0 Å². The molecule has 1 heterocycles. The Balaban J connectivity index is 1.98. The van der Waals surface area contributed by atoms with Crippen LogP contribution in [0.5, 0.6) is 0 Å². The number of likely N-dealkylation sites (tertiary alicyclic amines) is 1. The minimum absolute atomic E-state index is 0.217. The molecule has 1 fully saturated rings. The first kappa shape index (κ1) is 16.1. The summed E-state index contributed by atoms with van der Waals surface area (Å²) in [4.78, 5) is 25.0. The number of hydrogen-bond donors (Lipinski definition) is 2. The first-order valence-electron chi connectivity index (χ1n) is 6.61. The lowest BCUT2D eigenvalue weighted by Gasteiger charge is -2.23. The Kier molecular flexibility index (Phi) is 5.08. The molecule has 114 valence electrons. The van der Waals surface area contributed by atoms with Crippen LogP contribution in [0, 0.1) is 5.92 Å². The molecule has 1 aliphatic rings. The lowest BCUT2D eigenvalue weighted by Crippen LogP contribution is -2.41. The predicted molar refractivity (Wildman–Crippen MR) is 81.9 cm³/mol. The van der Waals surface area contributed by atoms with Crippen molar-refractivity contribution < 1.29 is 14.7 Å². The molecule has 0 bridgehead atoms. The quantitative estimate of drug-likeness (QED) is 0.890. The molecule has 2 atom stereocenters. The summed E-state index contributed by atoms with van der Waals surface area (Å²) in [7, 11) is 0. The van der Waals surface area contributed by atoms with Gasteiger partial charge in [-0.25, -0.2) is 0 Å². The van der Waals surface area contributed by atoms with Crippen LogP contribution in [0.25, 0.3) is 0 Å². The highest BCUT2D eigenvalue weighted by Gasteiger charge is 2.33. The number of nitrogens with one attached hydrogen (secondary N) is 1. The monoisotopic (exact) mass is 330 g/mol. The van der Waals surface area contributed by atoms with E-state index in [9.17, 15) is 9.59 Å². The number of rotatable bonds is 4. The summed E-state index contributed by atoms with van der Waals surface area (Å²) in [6, 6.07) is 4.42. The average molecular weight is 331 g/mol. The number of aliphatic carboxylic acids is 1. The molecule has 0 spiro atoms. The van der Waals surface area contributed by atoms with Crippen LogP contribution in [0.2, 0.25) is 10.0 Å². The first-order chi connectivity index (χ1) is 9.88. The van der Waals surface area contributed by atoms with Crippen LogP contribution >= 0.6 is 23.2 Å². The lowest BCUT2D eigenvalue weighted by atomic mass is 10.1. The Labute approximate surface area is 132 Å². The average Bonchev–Trinajstić information content (AvgIpc) is 2.90. The number of halogens is 2. The summed E-state index contributed by atoms with van der Waals surface area (Å²) in [6.07, 6.45) is 0.564. The Morgan fingerprint density at radius 3 is 2.71 bits per heavy atom. The summed E-state index contributed by atoms with van der Waals surface area (Å²) in [5, 5.41) is 12.6. The van der Waals surface area contributed by atoms with Crippen LogP contribution in [-0.4, -0.2) is 41.0 Å². The van der Waals surface area contributed by atoms with Crippen molar-refractivity contribution in [2.45, 2.75) is 19.4 Å². The van der Waals surface area contributed by atoms with Gasteiger partial charge in [-0.05, 0) is 38.1 Å². The van der Waals surface area contributed by atoms with Crippen molar-refractivity contribution in [3.05, 3.63) is 28.2 Å². The van der Waals surface area contributed by atoms with E-state index in [-0.39, 0.29) is 5.91 Å². The van der Waals surface area contributed by atoms with Crippen LogP contribution in [0.1, 0.15) is 13.3 Å². The number of nitrogens with zero attached hydrogens (tertiary/aromatic N) is 1. The molecule has 0 aromatic heterocycles. The minimum Gasteiger partial charge on any atom is -0.481 e. The van der Waals surface area contributed by atoms with Gasteiger partial charge in [0, 0.05) is 11.6 Å². The van der Waals surface area contributed by atoms with Crippen molar-refractivity contribution in [2.75, 3.05) is 18.4 Å². The molecule has 0 radical (unpaired) electrons. The molecule has 21 heavy (non-hydrogen) atoms. The van der Waals surface area contributed by atoms with Crippen LogP contribution in [0.15, 0.2) is 18.2 Å². The number of amides is 1. The van der Waals surface area contributed by atoms with Crippen molar-refractivity contribution in [3.63, 3.8) is 0 Å².